The molecule has 1 aromatic carbocycles. The van der Waals surface area contributed by atoms with E-state index in [0.29, 0.717) is 24.5 Å². The number of aryl methyl sites for hydroxylation is 2. The Morgan fingerprint density at radius 1 is 1.00 bits per heavy atom. The lowest BCUT2D eigenvalue weighted by Gasteiger charge is -2.19. The molecular weight excluding hydrogens is 360 g/mol. The molecule has 0 atom stereocenters. The summed E-state index contributed by atoms with van der Waals surface area (Å²) in [6.07, 6.45) is 6.31. The van der Waals surface area contributed by atoms with E-state index in [1.807, 2.05) is 19.1 Å². The van der Waals surface area contributed by atoms with Gasteiger partial charge in [-0.3, -0.25) is 0 Å². The molecule has 4 rings (SSSR count). The summed E-state index contributed by atoms with van der Waals surface area (Å²) < 4.78 is 26.8. The normalized spacial score (nSPS) is 17.7. The summed E-state index contributed by atoms with van der Waals surface area (Å²) >= 11 is 0. The van der Waals surface area contributed by atoms with Gasteiger partial charge in [0.25, 0.3) is 0 Å². The number of sulfonamides is 1. The average Bonchev–Trinajstić information content (AvgIpc) is 3.22. The number of benzene rings is 1. The highest BCUT2D eigenvalue weighted by atomic mass is 32.2. The van der Waals surface area contributed by atoms with Crippen LogP contribution in [0, 0.1) is 6.92 Å². The maximum absolute atomic E-state index is 12.6. The largest absolute Gasteiger partial charge is 0.366 e. The van der Waals surface area contributed by atoms with Crippen molar-refractivity contribution in [3.63, 3.8) is 0 Å². The van der Waals surface area contributed by atoms with Crippen LogP contribution in [0.3, 0.4) is 0 Å². The number of aromatic nitrogens is 2. The Labute approximate surface area is 161 Å². The van der Waals surface area contributed by atoms with Crippen LogP contribution >= 0.6 is 0 Å². The number of hydrogen-bond donors (Lipinski definition) is 1. The van der Waals surface area contributed by atoms with Crippen LogP contribution in [0.15, 0.2) is 29.2 Å². The third-order valence-electron chi connectivity index (χ3n) is 5.38. The van der Waals surface area contributed by atoms with E-state index in [1.54, 1.807) is 16.4 Å². The molecule has 0 spiro atoms. The van der Waals surface area contributed by atoms with Crippen molar-refractivity contribution in [1.82, 2.24) is 14.3 Å². The van der Waals surface area contributed by atoms with Crippen molar-refractivity contribution in [2.75, 3.05) is 18.4 Å². The summed E-state index contributed by atoms with van der Waals surface area (Å²) in [5.74, 6) is 1.72. The van der Waals surface area contributed by atoms with Gasteiger partial charge >= 0.3 is 0 Å². The van der Waals surface area contributed by atoms with Crippen LogP contribution in [0.4, 0.5) is 5.82 Å². The van der Waals surface area contributed by atoms with Gasteiger partial charge in [0.15, 0.2) is 0 Å². The molecule has 0 radical (unpaired) electrons. The predicted molar refractivity (Wildman–Crippen MR) is 105 cm³/mol. The van der Waals surface area contributed by atoms with Crippen molar-refractivity contribution in [2.24, 2.45) is 0 Å². The summed E-state index contributed by atoms with van der Waals surface area (Å²) in [4.78, 5) is 9.55. The molecule has 1 N–H and O–H groups in total. The molecule has 7 heteroatoms. The van der Waals surface area contributed by atoms with E-state index in [-0.39, 0.29) is 0 Å². The molecule has 144 valence electrons. The van der Waals surface area contributed by atoms with Crippen molar-refractivity contribution in [1.29, 1.82) is 0 Å². The fraction of sp³-hybridized carbons (Fsp3) is 0.500. The van der Waals surface area contributed by atoms with Gasteiger partial charge in [0.1, 0.15) is 11.6 Å². The van der Waals surface area contributed by atoms with Gasteiger partial charge < -0.3 is 5.32 Å². The SMILES string of the molecule is Cc1nc2c(c(NCc3ccc(S(=O)(=O)N4CCCC4)cc3)n1)CCCC2. The smallest absolute Gasteiger partial charge is 0.243 e. The lowest BCUT2D eigenvalue weighted by Crippen LogP contribution is -2.27. The molecule has 2 aliphatic rings. The first-order valence-corrected chi connectivity index (χ1v) is 11.2. The molecule has 0 saturated carbocycles. The Balaban J connectivity index is 1.48. The van der Waals surface area contributed by atoms with Gasteiger partial charge in [-0.05, 0) is 63.1 Å². The van der Waals surface area contributed by atoms with Gasteiger partial charge in [-0.2, -0.15) is 4.31 Å². The highest BCUT2D eigenvalue weighted by Crippen LogP contribution is 2.26. The third kappa shape index (κ3) is 3.84. The minimum Gasteiger partial charge on any atom is -0.366 e. The Morgan fingerprint density at radius 2 is 1.70 bits per heavy atom. The van der Waals surface area contributed by atoms with Crippen LogP contribution in [0.1, 0.15) is 48.3 Å². The first kappa shape index (κ1) is 18.4. The second-order valence-corrected chi connectivity index (χ2v) is 9.30. The number of fused-ring (bicyclic) bond motifs is 1. The van der Waals surface area contributed by atoms with Gasteiger partial charge in [0, 0.05) is 30.9 Å². The molecule has 1 fully saturated rings. The molecule has 2 aromatic rings. The van der Waals surface area contributed by atoms with Gasteiger partial charge in [-0.25, -0.2) is 18.4 Å². The molecule has 0 unspecified atom stereocenters. The topological polar surface area (TPSA) is 75.2 Å². The zero-order chi connectivity index (χ0) is 18.9. The summed E-state index contributed by atoms with van der Waals surface area (Å²) in [5, 5.41) is 3.43. The van der Waals surface area contributed by atoms with Crippen molar-refractivity contribution in [3.8, 4) is 0 Å². The van der Waals surface area contributed by atoms with Crippen LogP contribution in [-0.4, -0.2) is 35.8 Å². The van der Waals surface area contributed by atoms with Crippen molar-refractivity contribution >= 4 is 15.8 Å². The van der Waals surface area contributed by atoms with E-state index < -0.39 is 10.0 Å². The standard InChI is InChI=1S/C20H26N4O2S/c1-15-22-19-7-3-2-6-18(19)20(23-15)21-14-16-8-10-17(11-9-16)27(25,26)24-12-4-5-13-24/h8-11H,2-7,12-14H2,1H3,(H,21,22,23). The molecule has 0 bridgehead atoms. The van der Waals surface area contributed by atoms with E-state index >= 15 is 0 Å². The zero-order valence-electron chi connectivity index (χ0n) is 15.7. The average molecular weight is 387 g/mol. The molecule has 6 nitrogen and oxygen atoms in total. The van der Waals surface area contributed by atoms with Crippen LogP contribution in [0.2, 0.25) is 0 Å². The van der Waals surface area contributed by atoms with E-state index in [1.165, 1.54) is 24.1 Å². The minimum atomic E-state index is -3.35. The van der Waals surface area contributed by atoms with Gasteiger partial charge in [-0.15, -0.1) is 0 Å². The molecule has 27 heavy (non-hydrogen) atoms. The molecule has 0 amide bonds. The van der Waals surface area contributed by atoms with Crippen LogP contribution in [-0.2, 0) is 29.4 Å². The second kappa shape index (κ2) is 7.56. The molecule has 1 aliphatic carbocycles. The number of nitrogens with one attached hydrogen (secondary N) is 1. The van der Waals surface area contributed by atoms with E-state index in [0.717, 1.165) is 42.9 Å². The summed E-state index contributed by atoms with van der Waals surface area (Å²) in [6.45, 7) is 3.80. The van der Waals surface area contributed by atoms with Crippen LogP contribution in [0.5, 0.6) is 0 Å². The van der Waals surface area contributed by atoms with Crippen molar-refractivity contribution in [2.45, 2.75) is 56.9 Å². The maximum atomic E-state index is 12.6. The fourth-order valence-electron chi connectivity index (χ4n) is 3.91. The maximum Gasteiger partial charge on any atom is 0.243 e. The van der Waals surface area contributed by atoms with Gasteiger partial charge in [0.05, 0.1) is 4.90 Å². The van der Waals surface area contributed by atoms with E-state index in [2.05, 4.69) is 15.3 Å². The first-order chi connectivity index (χ1) is 13.0. The Hall–Kier alpha value is -1.99. The molecule has 1 saturated heterocycles. The lowest BCUT2D eigenvalue weighted by atomic mass is 9.96. The summed E-state index contributed by atoms with van der Waals surface area (Å²) in [6, 6.07) is 7.20. The number of rotatable bonds is 5. The van der Waals surface area contributed by atoms with Crippen molar-refractivity contribution in [3.05, 3.63) is 46.9 Å². The Bertz CT molecular complexity index is 920. The third-order valence-corrected chi connectivity index (χ3v) is 7.29. The van der Waals surface area contributed by atoms with Crippen LogP contribution in [0.25, 0.3) is 0 Å². The minimum absolute atomic E-state index is 0.378. The molecule has 1 aromatic heterocycles. The van der Waals surface area contributed by atoms with E-state index in [4.69, 9.17) is 0 Å². The molecule has 2 heterocycles. The van der Waals surface area contributed by atoms with Crippen LogP contribution < -0.4 is 5.32 Å². The van der Waals surface area contributed by atoms with Crippen molar-refractivity contribution < 1.29 is 8.42 Å². The van der Waals surface area contributed by atoms with E-state index in [9.17, 15) is 8.42 Å². The highest BCUT2D eigenvalue weighted by molar-refractivity contribution is 7.89. The summed E-state index contributed by atoms with van der Waals surface area (Å²) in [7, 11) is -3.35. The number of nitrogens with zero attached hydrogens (tertiary/aromatic N) is 3. The second-order valence-electron chi connectivity index (χ2n) is 7.36. The zero-order valence-corrected chi connectivity index (χ0v) is 16.6. The summed E-state index contributed by atoms with van der Waals surface area (Å²) in [5.41, 5.74) is 3.44. The Morgan fingerprint density at radius 3 is 2.44 bits per heavy atom. The molecular formula is C20H26N4O2S. The highest BCUT2D eigenvalue weighted by Gasteiger charge is 2.26. The number of anilines is 1. The first-order valence-electron chi connectivity index (χ1n) is 9.73. The lowest BCUT2D eigenvalue weighted by molar-refractivity contribution is 0.477. The van der Waals surface area contributed by atoms with Gasteiger partial charge in [-0.1, -0.05) is 12.1 Å². The predicted octanol–water partition coefficient (Wildman–Crippen LogP) is 3.06. The Kier molecular flexibility index (Phi) is 5.14. The quantitative estimate of drug-likeness (QED) is 0.855. The number of hydrogen-bond acceptors (Lipinski definition) is 5. The fourth-order valence-corrected chi connectivity index (χ4v) is 5.42. The molecule has 1 aliphatic heterocycles. The monoisotopic (exact) mass is 386 g/mol. The van der Waals surface area contributed by atoms with Gasteiger partial charge in [0.2, 0.25) is 10.0 Å².